The minimum Gasteiger partial charge on any atom is -0.393 e. The van der Waals surface area contributed by atoms with Crippen molar-refractivity contribution in [2.24, 2.45) is 11.5 Å². The van der Waals surface area contributed by atoms with Crippen molar-refractivity contribution in [1.82, 2.24) is 0 Å². The Hall–Kier alpha value is -0.640. The lowest BCUT2D eigenvalue weighted by Gasteiger charge is -1.95. The number of hydrogen-bond acceptors (Lipinski definition) is 2. The first-order chi connectivity index (χ1) is 4.13. The van der Waals surface area contributed by atoms with Gasteiger partial charge in [0.2, 0.25) is 0 Å². The minimum atomic E-state index is 0.200. The summed E-state index contributed by atoms with van der Waals surface area (Å²) in [6.45, 7) is 0. The summed E-state index contributed by atoms with van der Waals surface area (Å²) in [5.74, 6) is 0.200. The Morgan fingerprint density at radius 1 is 1.33 bits per heavy atom. The van der Waals surface area contributed by atoms with Crippen LogP contribution in [0.1, 0.15) is 19.3 Å². The van der Waals surface area contributed by atoms with Crippen molar-refractivity contribution < 1.29 is 0 Å². The monoisotopic (exact) mass is 145 g/mol. The quantitative estimate of drug-likeness (QED) is 0.304. The van der Waals surface area contributed by atoms with Crippen LogP contribution >= 0.6 is 12.2 Å². The predicted octanol–water partition coefficient (Wildman–Crippen LogP) is 0.379. The first-order valence-corrected chi connectivity index (χ1v) is 3.15. The van der Waals surface area contributed by atoms with E-state index in [-0.39, 0.29) is 5.84 Å². The Bertz CT molecular complexity index is 107. The first kappa shape index (κ1) is 8.36. The molecule has 0 heterocycles. The third-order valence-electron chi connectivity index (χ3n) is 0.869. The zero-order chi connectivity index (χ0) is 7.28. The second-order valence-electron chi connectivity index (χ2n) is 1.85. The molecular formula is C5H11N3S. The molecule has 0 aliphatic rings. The Labute approximate surface area is 59.9 Å². The lowest BCUT2D eigenvalue weighted by Crippen LogP contribution is -2.12. The molecule has 0 fully saturated rings. The molecular weight excluding hydrogens is 134 g/mol. The van der Waals surface area contributed by atoms with Gasteiger partial charge < -0.3 is 11.5 Å². The summed E-state index contributed by atoms with van der Waals surface area (Å²) in [6.07, 6.45) is 2.08. The number of amidine groups is 1. The molecule has 0 unspecified atom stereocenters. The Morgan fingerprint density at radius 2 is 1.89 bits per heavy atom. The van der Waals surface area contributed by atoms with Gasteiger partial charge >= 0.3 is 0 Å². The standard InChI is InChI=1S/C5H11N3S/c6-4(7)2-1-3-5(8)9/h1-3H2,(H3,6,7)(H2,8,9). The molecule has 0 amide bonds. The van der Waals surface area contributed by atoms with Crippen LogP contribution in [0.4, 0.5) is 0 Å². The molecule has 0 saturated heterocycles. The maximum atomic E-state index is 6.83. The van der Waals surface area contributed by atoms with Gasteiger partial charge in [-0.3, -0.25) is 5.41 Å². The summed E-state index contributed by atoms with van der Waals surface area (Å²) >= 11 is 4.61. The highest BCUT2D eigenvalue weighted by Crippen LogP contribution is 1.93. The van der Waals surface area contributed by atoms with Crippen LogP contribution in [-0.2, 0) is 0 Å². The summed E-state index contributed by atoms with van der Waals surface area (Å²) in [4.78, 5) is 0.497. The fraction of sp³-hybridized carbons (Fsp3) is 0.600. The van der Waals surface area contributed by atoms with E-state index in [1.165, 1.54) is 0 Å². The Kier molecular flexibility index (Phi) is 3.96. The van der Waals surface area contributed by atoms with Crippen LogP contribution in [0.5, 0.6) is 0 Å². The molecule has 52 valence electrons. The summed E-state index contributed by atoms with van der Waals surface area (Å²) in [5.41, 5.74) is 10.3. The third-order valence-corrected chi connectivity index (χ3v) is 1.07. The van der Waals surface area contributed by atoms with E-state index in [0.29, 0.717) is 17.8 Å². The minimum absolute atomic E-state index is 0.200. The van der Waals surface area contributed by atoms with E-state index in [1.54, 1.807) is 0 Å². The fourth-order valence-electron chi connectivity index (χ4n) is 0.453. The summed E-state index contributed by atoms with van der Waals surface area (Å²) in [5, 5.41) is 6.83. The maximum absolute atomic E-state index is 6.83. The van der Waals surface area contributed by atoms with E-state index in [4.69, 9.17) is 16.9 Å². The van der Waals surface area contributed by atoms with Crippen molar-refractivity contribution in [1.29, 1.82) is 5.41 Å². The van der Waals surface area contributed by atoms with Crippen LogP contribution in [0.25, 0.3) is 0 Å². The van der Waals surface area contributed by atoms with Crippen LogP contribution in [0.15, 0.2) is 0 Å². The molecule has 0 aromatic rings. The van der Waals surface area contributed by atoms with Gasteiger partial charge in [0.15, 0.2) is 0 Å². The molecule has 9 heavy (non-hydrogen) atoms. The molecule has 0 aromatic heterocycles. The van der Waals surface area contributed by atoms with E-state index in [0.717, 1.165) is 6.42 Å². The molecule has 0 aromatic carbocycles. The van der Waals surface area contributed by atoms with Crippen LogP contribution in [0.2, 0.25) is 0 Å². The molecule has 4 heteroatoms. The van der Waals surface area contributed by atoms with Crippen molar-refractivity contribution in [3.63, 3.8) is 0 Å². The molecule has 0 radical (unpaired) electrons. The Morgan fingerprint density at radius 3 is 2.22 bits per heavy atom. The SMILES string of the molecule is N=C(N)CCCC(N)=S. The zero-order valence-electron chi connectivity index (χ0n) is 5.18. The van der Waals surface area contributed by atoms with Crippen molar-refractivity contribution >= 4 is 23.0 Å². The van der Waals surface area contributed by atoms with Gasteiger partial charge in [0.1, 0.15) is 0 Å². The average molecular weight is 145 g/mol. The lowest BCUT2D eigenvalue weighted by molar-refractivity contribution is 0.913. The molecule has 0 rings (SSSR count). The maximum Gasteiger partial charge on any atom is 0.0905 e. The van der Waals surface area contributed by atoms with Gasteiger partial charge in [-0.25, -0.2) is 0 Å². The summed E-state index contributed by atoms with van der Waals surface area (Å²) in [7, 11) is 0. The number of hydrogen-bond donors (Lipinski definition) is 3. The van der Waals surface area contributed by atoms with Gasteiger partial charge in [0, 0.05) is 6.42 Å². The van der Waals surface area contributed by atoms with Crippen molar-refractivity contribution in [2.75, 3.05) is 0 Å². The fourth-order valence-corrected chi connectivity index (χ4v) is 0.597. The van der Waals surface area contributed by atoms with Crippen molar-refractivity contribution in [2.45, 2.75) is 19.3 Å². The van der Waals surface area contributed by atoms with Gasteiger partial charge in [-0.15, -0.1) is 0 Å². The van der Waals surface area contributed by atoms with E-state index in [2.05, 4.69) is 12.2 Å². The van der Waals surface area contributed by atoms with E-state index in [1.807, 2.05) is 0 Å². The highest BCUT2D eigenvalue weighted by atomic mass is 32.1. The van der Waals surface area contributed by atoms with Crippen LogP contribution in [0, 0.1) is 5.41 Å². The average Bonchev–Trinajstić information content (AvgIpc) is 1.63. The topological polar surface area (TPSA) is 75.9 Å². The van der Waals surface area contributed by atoms with Crippen LogP contribution in [-0.4, -0.2) is 10.8 Å². The van der Waals surface area contributed by atoms with Gasteiger partial charge in [-0.1, -0.05) is 12.2 Å². The molecule has 5 N–H and O–H groups in total. The van der Waals surface area contributed by atoms with E-state index in [9.17, 15) is 0 Å². The van der Waals surface area contributed by atoms with Gasteiger partial charge in [-0.2, -0.15) is 0 Å². The molecule has 0 bridgehead atoms. The van der Waals surface area contributed by atoms with Crippen molar-refractivity contribution in [3.05, 3.63) is 0 Å². The molecule has 0 aliphatic heterocycles. The summed E-state index contributed by atoms with van der Waals surface area (Å²) in [6, 6.07) is 0. The van der Waals surface area contributed by atoms with Crippen LogP contribution in [0.3, 0.4) is 0 Å². The largest absolute Gasteiger partial charge is 0.393 e. The van der Waals surface area contributed by atoms with Gasteiger partial charge in [-0.05, 0) is 12.8 Å². The highest BCUT2D eigenvalue weighted by molar-refractivity contribution is 7.80. The molecule has 0 aliphatic carbocycles. The second-order valence-corrected chi connectivity index (χ2v) is 2.37. The molecule has 0 atom stereocenters. The highest BCUT2D eigenvalue weighted by Gasteiger charge is 1.91. The lowest BCUT2D eigenvalue weighted by atomic mass is 10.2. The Balaban J connectivity index is 3.10. The normalized spacial score (nSPS) is 8.89. The van der Waals surface area contributed by atoms with Gasteiger partial charge in [0.25, 0.3) is 0 Å². The molecule has 3 nitrogen and oxygen atoms in total. The van der Waals surface area contributed by atoms with E-state index < -0.39 is 0 Å². The first-order valence-electron chi connectivity index (χ1n) is 2.74. The zero-order valence-corrected chi connectivity index (χ0v) is 6.00. The molecule has 0 spiro atoms. The predicted molar refractivity (Wildman–Crippen MR) is 42.6 cm³/mol. The smallest absolute Gasteiger partial charge is 0.0905 e. The number of nitrogens with two attached hydrogens (primary N) is 2. The van der Waals surface area contributed by atoms with Gasteiger partial charge in [0.05, 0.1) is 10.8 Å². The van der Waals surface area contributed by atoms with E-state index >= 15 is 0 Å². The second kappa shape index (κ2) is 4.26. The van der Waals surface area contributed by atoms with Crippen LogP contribution < -0.4 is 11.5 Å². The number of nitrogens with one attached hydrogen (secondary N) is 1. The summed E-state index contributed by atoms with van der Waals surface area (Å²) < 4.78 is 0. The van der Waals surface area contributed by atoms with Crippen molar-refractivity contribution in [3.8, 4) is 0 Å². The third kappa shape index (κ3) is 7.36. The number of rotatable bonds is 4. The number of thiocarbonyl (C=S) groups is 1. The molecule has 0 saturated carbocycles.